The van der Waals surface area contributed by atoms with Gasteiger partial charge in [0.1, 0.15) is 0 Å². The number of carbonyl (C=O) groups excluding carboxylic acids is 4. The van der Waals surface area contributed by atoms with Gasteiger partial charge in [0.25, 0.3) is 5.79 Å². The molecule has 6 nitrogen and oxygen atoms in total. The van der Waals surface area contributed by atoms with Crippen LogP contribution in [0.15, 0.2) is 0 Å². The van der Waals surface area contributed by atoms with E-state index in [1.807, 2.05) is 27.7 Å². The Labute approximate surface area is 169 Å². The van der Waals surface area contributed by atoms with Crippen LogP contribution in [0.3, 0.4) is 0 Å². The van der Waals surface area contributed by atoms with Crippen molar-refractivity contribution in [3.05, 3.63) is 0 Å². The van der Waals surface area contributed by atoms with Crippen molar-refractivity contribution in [2.24, 2.45) is 5.41 Å². The normalized spacial score (nSPS) is 12.1. The van der Waals surface area contributed by atoms with Crippen LogP contribution in [0.1, 0.15) is 105 Å². The summed E-state index contributed by atoms with van der Waals surface area (Å²) in [6, 6.07) is 0. The molecule has 0 bridgehead atoms. The highest BCUT2D eigenvalue weighted by Gasteiger charge is 2.66. The maximum Gasteiger partial charge on any atom is 0.251 e. The van der Waals surface area contributed by atoms with Crippen LogP contribution in [0.2, 0.25) is 0 Å². The van der Waals surface area contributed by atoms with Gasteiger partial charge in [-0.25, -0.2) is 0 Å². The third-order valence-corrected chi connectivity index (χ3v) is 5.20. The van der Waals surface area contributed by atoms with Crippen molar-refractivity contribution in [1.29, 1.82) is 0 Å². The van der Waals surface area contributed by atoms with Crippen molar-refractivity contribution >= 4 is 23.1 Å². The van der Waals surface area contributed by atoms with Crippen LogP contribution in [0.25, 0.3) is 0 Å². The first-order valence-corrected chi connectivity index (χ1v) is 10.8. The number of hydrogen-bond donors (Lipinski definition) is 2. The summed E-state index contributed by atoms with van der Waals surface area (Å²) in [6.07, 6.45) is 3.52. The average Bonchev–Trinajstić information content (AvgIpc) is 2.67. The van der Waals surface area contributed by atoms with E-state index in [-0.39, 0.29) is 25.7 Å². The first-order chi connectivity index (χ1) is 13.2. The van der Waals surface area contributed by atoms with Crippen LogP contribution in [-0.2, 0) is 19.2 Å². The quantitative estimate of drug-likeness (QED) is 0.286. The topological polar surface area (TPSA) is 109 Å². The predicted molar refractivity (Wildman–Crippen MR) is 108 cm³/mol. The van der Waals surface area contributed by atoms with E-state index in [9.17, 15) is 29.4 Å². The minimum Gasteiger partial charge on any atom is -0.358 e. The van der Waals surface area contributed by atoms with Gasteiger partial charge in [0.15, 0.2) is 23.1 Å². The van der Waals surface area contributed by atoms with Crippen LogP contribution >= 0.6 is 0 Å². The van der Waals surface area contributed by atoms with Crippen molar-refractivity contribution in [1.82, 2.24) is 0 Å². The molecule has 0 aromatic rings. The second-order valence-electron chi connectivity index (χ2n) is 7.53. The Morgan fingerprint density at radius 3 is 1.04 bits per heavy atom. The Hall–Kier alpha value is -1.40. The van der Waals surface area contributed by atoms with Crippen LogP contribution in [0.5, 0.6) is 0 Å². The van der Waals surface area contributed by atoms with Gasteiger partial charge >= 0.3 is 0 Å². The SMILES string of the molecule is CCCCC(=O)C(O)(O)C(C(=O)CCCC)(C(=O)CCCC)C(=O)CCCC. The maximum atomic E-state index is 13.1. The van der Waals surface area contributed by atoms with Gasteiger partial charge in [-0.2, -0.15) is 0 Å². The molecule has 0 radical (unpaired) electrons. The molecule has 0 amide bonds. The first kappa shape index (κ1) is 26.6. The summed E-state index contributed by atoms with van der Waals surface area (Å²) in [7, 11) is 0. The lowest BCUT2D eigenvalue weighted by atomic mass is 9.63. The Kier molecular flexibility index (Phi) is 12.3. The van der Waals surface area contributed by atoms with Gasteiger partial charge in [0.2, 0.25) is 5.41 Å². The number of unbranched alkanes of at least 4 members (excludes halogenated alkanes) is 4. The zero-order valence-electron chi connectivity index (χ0n) is 18.0. The fourth-order valence-electron chi connectivity index (χ4n) is 3.35. The molecule has 0 saturated heterocycles. The summed E-state index contributed by atoms with van der Waals surface area (Å²) in [5.41, 5.74) is -2.71. The molecule has 0 heterocycles. The third-order valence-electron chi connectivity index (χ3n) is 5.20. The van der Waals surface area contributed by atoms with Crippen molar-refractivity contribution in [3.8, 4) is 0 Å². The standard InChI is InChI=1S/C22H38O6/c1-5-9-13-17(23)21(18(24)14-10-6-2,19(25)15-11-7-3)22(27,28)20(26)16-12-8-4/h27-28H,5-16H2,1-4H3. The first-order valence-electron chi connectivity index (χ1n) is 10.8. The Balaban J connectivity index is 6.41. The van der Waals surface area contributed by atoms with Crippen molar-refractivity contribution in [2.75, 3.05) is 0 Å². The van der Waals surface area contributed by atoms with Crippen LogP contribution in [-0.4, -0.2) is 39.1 Å². The largest absolute Gasteiger partial charge is 0.358 e. The van der Waals surface area contributed by atoms with E-state index in [0.29, 0.717) is 51.4 Å². The fourth-order valence-corrected chi connectivity index (χ4v) is 3.35. The van der Waals surface area contributed by atoms with E-state index in [2.05, 4.69) is 0 Å². The zero-order chi connectivity index (χ0) is 21.8. The van der Waals surface area contributed by atoms with Gasteiger partial charge in [0.05, 0.1) is 0 Å². The number of aliphatic hydroxyl groups is 2. The van der Waals surface area contributed by atoms with Gasteiger partial charge in [-0.1, -0.05) is 53.4 Å². The second-order valence-corrected chi connectivity index (χ2v) is 7.53. The van der Waals surface area contributed by atoms with Crippen molar-refractivity contribution in [2.45, 2.75) is 111 Å². The van der Waals surface area contributed by atoms with Gasteiger partial charge in [-0.3, -0.25) is 19.2 Å². The molecule has 0 aliphatic rings. The molecular weight excluding hydrogens is 360 g/mol. The number of Topliss-reactive ketones (excluding diaryl/α,β-unsaturated/α-hetero) is 4. The monoisotopic (exact) mass is 398 g/mol. The lowest BCUT2D eigenvalue weighted by molar-refractivity contribution is -0.225. The minimum absolute atomic E-state index is 0.143. The van der Waals surface area contributed by atoms with Crippen molar-refractivity contribution < 1.29 is 29.4 Å². The van der Waals surface area contributed by atoms with Gasteiger partial charge in [0, 0.05) is 25.7 Å². The summed E-state index contributed by atoms with van der Waals surface area (Å²) >= 11 is 0. The predicted octanol–water partition coefficient (Wildman–Crippen LogP) is 3.69. The van der Waals surface area contributed by atoms with E-state index < -0.39 is 34.3 Å². The molecule has 6 heteroatoms. The molecule has 0 aliphatic heterocycles. The molecular formula is C22H38O6. The third kappa shape index (κ3) is 6.05. The molecule has 28 heavy (non-hydrogen) atoms. The van der Waals surface area contributed by atoms with Gasteiger partial charge in [-0.15, -0.1) is 0 Å². The van der Waals surface area contributed by atoms with E-state index >= 15 is 0 Å². The van der Waals surface area contributed by atoms with Crippen molar-refractivity contribution in [3.63, 3.8) is 0 Å². The van der Waals surface area contributed by atoms with Gasteiger partial charge in [-0.05, 0) is 25.7 Å². The highest BCUT2D eigenvalue weighted by atomic mass is 16.5. The van der Waals surface area contributed by atoms with Gasteiger partial charge < -0.3 is 10.2 Å². The molecule has 0 saturated carbocycles. The number of rotatable bonds is 17. The fraction of sp³-hybridized carbons (Fsp3) is 0.818. The summed E-state index contributed by atoms with van der Waals surface area (Å²) < 4.78 is 0. The second kappa shape index (κ2) is 12.9. The summed E-state index contributed by atoms with van der Waals surface area (Å²) in [5, 5.41) is 21.7. The summed E-state index contributed by atoms with van der Waals surface area (Å²) in [5.74, 6) is -6.86. The molecule has 0 aromatic carbocycles. The number of carbonyl (C=O) groups is 4. The van der Waals surface area contributed by atoms with Crippen LogP contribution < -0.4 is 0 Å². The number of ketones is 4. The summed E-state index contributed by atoms with van der Waals surface area (Å²) in [4.78, 5) is 52.1. The zero-order valence-corrected chi connectivity index (χ0v) is 18.0. The highest BCUT2D eigenvalue weighted by Crippen LogP contribution is 2.40. The van der Waals surface area contributed by atoms with Crippen LogP contribution in [0, 0.1) is 5.41 Å². The molecule has 0 atom stereocenters. The Morgan fingerprint density at radius 1 is 0.536 bits per heavy atom. The molecule has 0 rings (SSSR count). The summed E-state index contributed by atoms with van der Waals surface area (Å²) in [6.45, 7) is 7.39. The Morgan fingerprint density at radius 2 is 0.786 bits per heavy atom. The minimum atomic E-state index is -3.30. The smallest absolute Gasteiger partial charge is 0.251 e. The molecule has 0 fully saturated rings. The number of hydrogen-bond acceptors (Lipinski definition) is 6. The lowest BCUT2D eigenvalue weighted by Crippen LogP contribution is -2.66. The van der Waals surface area contributed by atoms with E-state index in [4.69, 9.17) is 0 Å². The van der Waals surface area contributed by atoms with E-state index in [0.717, 1.165) is 0 Å². The molecule has 0 unspecified atom stereocenters. The van der Waals surface area contributed by atoms with Crippen LogP contribution in [0.4, 0.5) is 0 Å². The average molecular weight is 399 g/mol. The molecule has 0 spiro atoms. The molecule has 0 aromatic heterocycles. The molecule has 162 valence electrons. The highest BCUT2D eigenvalue weighted by molar-refractivity contribution is 6.28. The lowest BCUT2D eigenvalue weighted by Gasteiger charge is -2.39. The Bertz CT molecular complexity index is 485. The maximum absolute atomic E-state index is 13.1. The molecule has 2 N–H and O–H groups in total. The molecule has 0 aliphatic carbocycles. The van der Waals surface area contributed by atoms with E-state index in [1.165, 1.54) is 0 Å². The van der Waals surface area contributed by atoms with E-state index in [1.54, 1.807) is 0 Å².